The van der Waals surface area contributed by atoms with Crippen LogP contribution in [0.3, 0.4) is 0 Å². The third kappa shape index (κ3) is 7.96. The van der Waals surface area contributed by atoms with Gasteiger partial charge in [-0.2, -0.15) is 0 Å². The zero-order chi connectivity index (χ0) is 7.82. The highest BCUT2D eigenvalue weighted by Gasteiger charge is 1.91. The normalized spacial score (nSPS) is 10.8. The van der Waals surface area contributed by atoms with E-state index in [-0.39, 0.29) is 0 Å². The fourth-order valence-corrected chi connectivity index (χ4v) is 0.736. The number of hydrogen-bond donors (Lipinski definition) is 0. The maximum atomic E-state index is 5.36. The lowest BCUT2D eigenvalue weighted by atomic mass is 10.2. The van der Waals surface area contributed by atoms with E-state index in [9.17, 15) is 0 Å². The van der Waals surface area contributed by atoms with Gasteiger partial charge < -0.3 is 4.74 Å². The highest BCUT2D eigenvalue weighted by atomic mass is 16.5. The Labute approximate surface area is 64.8 Å². The molecule has 0 aliphatic carbocycles. The molecule has 0 saturated carbocycles. The van der Waals surface area contributed by atoms with E-state index in [1.54, 1.807) is 0 Å². The van der Waals surface area contributed by atoms with Crippen LogP contribution in [0, 0.1) is 6.42 Å². The van der Waals surface area contributed by atoms with Gasteiger partial charge in [-0.25, -0.2) is 0 Å². The van der Waals surface area contributed by atoms with Crippen molar-refractivity contribution in [3.63, 3.8) is 0 Å². The van der Waals surface area contributed by atoms with E-state index in [0.717, 1.165) is 13.0 Å². The molecule has 0 aliphatic heterocycles. The Kier molecular flexibility index (Phi) is 7.04. The molecule has 0 saturated heterocycles. The molecule has 0 unspecified atom stereocenters. The molecule has 1 nitrogen and oxygen atoms in total. The molecule has 61 valence electrons. The highest BCUT2D eigenvalue weighted by Crippen LogP contribution is 1.98. The lowest BCUT2D eigenvalue weighted by Crippen LogP contribution is -2.03. The maximum absolute atomic E-state index is 5.36. The van der Waals surface area contributed by atoms with Crippen molar-refractivity contribution in [2.75, 3.05) is 6.61 Å². The Morgan fingerprint density at radius 1 is 1.30 bits per heavy atom. The van der Waals surface area contributed by atoms with Crippen LogP contribution >= 0.6 is 0 Å². The summed E-state index contributed by atoms with van der Waals surface area (Å²) in [6.45, 7) is 7.22. The highest BCUT2D eigenvalue weighted by molar-refractivity contribution is 4.62. The topological polar surface area (TPSA) is 9.23 Å². The molecule has 1 heteroatoms. The van der Waals surface area contributed by atoms with E-state index in [4.69, 9.17) is 4.74 Å². The van der Waals surface area contributed by atoms with Gasteiger partial charge in [-0.1, -0.05) is 19.8 Å². The Morgan fingerprint density at radius 3 is 2.50 bits per heavy atom. The summed E-state index contributed by atoms with van der Waals surface area (Å²) in [4.78, 5) is 0. The van der Waals surface area contributed by atoms with Crippen molar-refractivity contribution in [3.8, 4) is 0 Å². The van der Waals surface area contributed by atoms with Crippen molar-refractivity contribution in [1.29, 1.82) is 0 Å². The van der Waals surface area contributed by atoms with Crippen molar-refractivity contribution >= 4 is 0 Å². The molecule has 0 N–H and O–H groups in total. The van der Waals surface area contributed by atoms with Crippen molar-refractivity contribution in [3.05, 3.63) is 6.42 Å². The van der Waals surface area contributed by atoms with Gasteiger partial charge in [0.15, 0.2) is 0 Å². The smallest absolute Gasteiger partial charge is 0.0518 e. The largest absolute Gasteiger partial charge is 0.379 e. The molecule has 0 fully saturated rings. The minimum absolute atomic E-state index is 0.384. The van der Waals surface area contributed by atoms with E-state index in [1.807, 2.05) is 0 Å². The predicted molar refractivity (Wildman–Crippen MR) is 44.9 cm³/mol. The third-order valence-electron chi connectivity index (χ3n) is 1.27. The molecule has 0 bridgehead atoms. The van der Waals surface area contributed by atoms with Gasteiger partial charge in [0, 0.05) is 6.61 Å². The maximum Gasteiger partial charge on any atom is 0.0518 e. The summed E-state index contributed by atoms with van der Waals surface area (Å²) in [5, 5.41) is 0. The van der Waals surface area contributed by atoms with E-state index in [1.165, 1.54) is 12.8 Å². The van der Waals surface area contributed by atoms with Crippen LogP contribution in [-0.4, -0.2) is 12.7 Å². The quantitative estimate of drug-likeness (QED) is 0.519. The van der Waals surface area contributed by atoms with Crippen LogP contribution in [0.1, 0.15) is 40.0 Å². The van der Waals surface area contributed by atoms with Gasteiger partial charge in [-0.3, -0.25) is 0 Å². The second kappa shape index (κ2) is 7.07. The molecular weight excluding hydrogens is 124 g/mol. The molecule has 10 heavy (non-hydrogen) atoms. The standard InChI is InChI=1S/C9H19O/c1-4-5-6-7-8-10-9(2)3/h6,9H,4-5,7-8H2,1-3H3. The Hall–Kier alpha value is -0.0400. The number of unbranched alkanes of at least 4 members (excludes halogenated alkanes) is 3. The lowest BCUT2D eigenvalue weighted by molar-refractivity contribution is 0.0805. The first kappa shape index (κ1) is 9.96. The van der Waals surface area contributed by atoms with Gasteiger partial charge in [-0.15, -0.1) is 0 Å². The summed E-state index contributed by atoms with van der Waals surface area (Å²) in [7, 11) is 0. The summed E-state index contributed by atoms with van der Waals surface area (Å²) >= 11 is 0. The molecule has 1 radical (unpaired) electrons. The molecule has 0 rings (SSSR count). The average molecular weight is 143 g/mol. The molecule has 0 aromatic rings. The van der Waals surface area contributed by atoms with E-state index >= 15 is 0 Å². The molecule has 0 aromatic heterocycles. The van der Waals surface area contributed by atoms with Crippen LogP contribution in [-0.2, 0) is 4.74 Å². The Balaban J connectivity index is 2.77. The minimum atomic E-state index is 0.384. The first-order chi connectivity index (χ1) is 4.77. The molecule has 0 aromatic carbocycles. The Morgan fingerprint density at radius 2 is 2.00 bits per heavy atom. The van der Waals surface area contributed by atoms with E-state index < -0.39 is 0 Å². The summed E-state index contributed by atoms with van der Waals surface area (Å²) in [6, 6.07) is 0. The van der Waals surface area contributed by atoms with Crippen molar-refractivity contribution in [2.45, 2.75) is 46.1 Å². The van der Waals surface area contributed by atoms with Gasteiger partial charge in [0.2, 0.25) is 0 Å². The number of hydrogen-bond acceptors (Lipinski definition) is 1. The Bertz CT molecular complexity index is 59.7. The third-order valence-corrected chi connectivity index (χ3v) is 1.27. The summed E-state index contributed by atoms with van der Waals surface area (Å²) < 4.78 is 5.36. The molecule has 0 spiro atoms. The van der Waals surface area contributed by atoms with Crippen LogP contribution in [0.25, 0.3) is 0 Å². The number of ether oxygens (including phenoxy) is 1. The monoisotopic (exact) mass is 143 g/mol. The lowest BCUT2D eigenvalue weighted by Gasteiger charge is -2.05. The fourth-order valence-electron chi connectivity index (χ4n) is 0.736. The van der Waals surface area contributed by atoms with Gasteiger partial charge >= 0.3 is 0 Å². The summed E-state index contributed by atoms with van der Waals surface area (Å²) in [5.74, 6) is 0. The van der Waals surface area contributed by atoms with Crippen molar-refractivity contribution in [1.82, 2.24) is 0 Å². The van der Waals surface area contributed by atoms with E-state index in [0.29, 0.717) is 6.10 Å². The summed E-state index contributed by atoms with van der Waals surface area (Å²) in [6.07, 6.45) is 6.26. The SMILES string of the molecule is CCC[CH]CCOC(C)C. The van der Waals surface area contributed by atoms with Crippen LogP contribution in [0.4, 0.5) is 0 Å². The molecular formula is C9H19O. The van der Waals surface area contributed by atoms with Crippen LogP contribution in [0.15, 0.2) is 0 Å². The van der Waals surface area contributed by atoms with Gasteiger partial charge in [-0.05, 0) is 26.7 Å². The first-order valence-corrected chi connectivity index (χ1v) is 4.20. The zero-order valence-electron chi connectivity index (χ0n) is 7.39. The predicted octanol–water partition coefficient (Wildman–Crippen LogP) is 2.81. The summed E-state index contributed by atoms with van der Waals surface area (Å²) in [5.41, 5.74) is 0. The van der Waals surface area contributed by atoms with E-state index in [2.05, 4.69) is 27.2 Å². The van der Waals surface area contributed by atoms with Gasteiger partial charge in [0.1, 0.15) is 0 Å². The second-order valence-corrected chi connectivity index (χ2v) is 2.79. The van der Waals surface area contributed by atoms with Crippen LogP contribution < -0.4 is 0 Å². The van der Waals surface area contributed by atoms with Crippen LogP contribution in [0.5, 0.6) is 0 Å². The first-order valence-electron chi connectivity index (χ1n) is 4.20. The van der Waals surface area contributed by atoms with Crippen LogP contribution in [0.2, 0.25) is 0 Å². The average Bonchev–Trinajstić information content (AvgIpc) is 1.87. The van der Waals surface area contributed by atoms with Crippen molar-refractivity contribution < 1.29 is 4.74 Å². The molecule has 0 aliphatic rings. The molecule has 0 amide bonds. The zero-order valence-corrected chi connectivity index (χ0v) is 7.39. The second-order valence-electron chi connectivity index (χ2n) is 2.79. The van der Waals surface area contributed by atoms with Gasteiger partial charge in [0.25, 0.3) is 0 Å². The molecule has 0 atom stereocenters. The van der Waals surface area contributed by atoms with Gasteiger partial charge in [0.05, 0.1) is 6.10 Å². The minimum Gasteiger partial charge on any atom is -0.379 e. The number of rotatable bonds is 6. The van der Waals surface area contributed by atoms with Crippen molar-refractivity contribution in [2.24, 2.45) is 0 Å². The molecule has 0 heterocycles. The fraction of sp³-hybridized carbons (Fsp3) is 0.889.